The molecular weight excluding hydrogens is 496 g/mol. The highest BCUT2D eigenvalue weighted by atomic mass is 16.2. The summed E-state index contributed by atoms with van der Waals surface area (Å²) in [7, 11) is 3.94. The van der Waals surface area contributed by atoms with Crippen molar-refractivity contribution in [2.45, 2.75) is 25.6 Å². The predicted octanol–water partition coefficient (Wildman–Crippen LogP) is 2.53. The molecule has 6 N–H and O–H groups in total. The number of likely N-dealkylation sites (N-methyl/N-ethyl adjacent to an activating group) is 1. The summed E-state index contributed by atoms with van der Waals surface area (Å²) in [4.78, 5) is 41.0. The van der Waals surface area contributed by atoms with Crippen LogP contribution in [0.25, 0.3) is 0 Å². The Labute approximate surface area is 228 Å². The van der Waals surface area contributed by atoms with Crippen molar-refractivity contribution in [3.05, 3.63) is 78.0 Å². The molecule has 2 aliphatic rings. The van der Waals surface area contributed by atoms with E-state index in [1.165, 1.54) is 6.08 Å². The highest BCUT2D eigenvalue weighted by Crippen LogP contribution is 2.36. The zero-order valence-electron chi connectivity index (χ0n) is 22.7. The molecule has 1 atom stereocenters. The molecule has 1 unspecified atom stereocenters. The number of amides is 4. The number of hydrogen-bond acceptors (Lipinski definition) is 7. The number of urea groups is 1. The predicted molar refractivity (Wildman–Crippen MR) is 153 cm³/mol. The smallest absolute Gasteiger partial charge is 0.318 e. The van der Waals surface area contributed by atoms with Crippen molar-refractivity contribution in [1.82, 2.24) is 26.0 Å². The van der Waals surface area contributed by atoms with Crippen molar-refractivity contribution >= 4 is 34.9 Å². The maximum atomic E-state index is 12.9. The molecule has 11 nitrogen and oxygen atoms in total. The molecule has 206 valence electrons. The third-order valence-electron chi connectivity index (χ3n) is 6.74. The number of nitrogens with zero attached hydrogens (tertiary/aromatic N) is 2. The first-order valence-corrected chi connectivity index (χ1v) is 12.7. The number of rotatable bonds is 9. The van der Waals surface area contributed by atoms with Gasteiger partial charge in [-0.1, -0.05) is 12.6 Å². The molecule has 4 rings (SSSR count). The molecule has 2 aromatic rings. The van der Waals surface area contributed by atoms with Gasteiger partial charge < -0.3 is 36.5 Å². The SMILES string of the molecule is C=CC(=O)Nc1ccc(C(=O)Nc2cccc(NC3NNC4=C3CN(C(=O)NCCN(C)C)C4(C)C)c2)cc1. The lowest BCUT2D eigenvalue weighted by atomic mass is 10.0. The van der Waals surface area contributed by atoms with Crippen LogP contribution in [0.3, 0.4) is 0 Å². The first kappa shape index (κ1) is 27.7. The quantitative estimate of drug-likeness (QED) is 0.274. The molecule has 0 saturated carbocycles. The summed E-state index contributed by atoms with van der Waals surface area (Å²) in [6.07, 6.45) is 0.951. The molecular formula is C28H36N8O3. The van der Waals surface area contributed by atoms with Gasteiger partial charge in [-0.05, 0) is 76.5 Å². The van der Waals surface area contributed by atoms with Gasteiger partial charge in [0.1, 0.15) is 6.17 Å². The number of carbonyl (C=O) groups is 3. The Balaban J connectivity index is 1.38. The molecule has 0 aromatic heterocycles. The van der Waals surface area contributed by atoms with Crippen LogP contribution < -0.4 is 32.1 Å². The van der Waals surface area contributed by atoms with Crippen LogP contribution in [0.4, 0.5) is 21.9 Å². The fraction of sp³-hybridized carbons (Fsp3) is 0.321. The second-order valence-electron chi connectivity index (χ2n) is 10.2. The van der Waals surface area contributed by atoms with E-state index >= 15 is 0 Å². The fourth-order valence-electron chi connectivity index (χ4n) is 4.56. The summed E-state index contributed by atoms with van der Waals surface area (Å²) in [5.74, 6) is -0.587. The van der Waals surface area contributed by atoms with Gasteiger partial charge in [-0.3, -0.25) is 9.59 Å². The second kappa shape index (κ2) is 11.6. The van der Waals surface area contributed by atoms with E-state index in [1.807, 2.05) is 62.0 Å². The van der Waals surface area contributed by atoms with Crippen LogP contribution in [-0.4, -0.2) is 73.1 Å². The van der Waals surface area contributed by atoms with Crippen molar-refractivity contribution in [1.29, 1.82) is 0 Å². The standard InChI is InChI=1S/C28H36N8O3/c1-6-23(37)30-19-12-10-18(11-13-19)26(38)32-21-9-7-8-20(16-21)31-25-22-17-36(27(39)29-14-15-35(4)5)28(2,3)24(22)33-34-25/h6-13,16,25,31,33-34H,1,14-15,17H2,2-5H3,(H,29,39)(H,30,37)(H,32,38). The van der Waals surface area contributed by atoms with Crippen molar-refractivity contribution in [3.8, 4) is 0 Å². The van der Waals surface area contributed by atoms with E-state index in [1.54, 1.807) is 24.3 Å². The molecule has 39 heavy (non-hydrogen) atoms. The van der Waals surface area contributed by atoms with Crippen molar-refractivity contribution in [2.24, 2.45) is 0 Å². The van der Waals surface area contributed by atoms with Gasteiger partial charge in [0.2, 0.25) is 5.91 Å². The van der Waals surface area contributed by atoms with E-state index in [0.29, 0.717) is 30.0 Å². The number of carbonyl (C=O) groups excluding carboxylic acids is 3. The Morgan fingerprint density at radius 3 is 2.49 bits per heavy atom. The van der Waals surface area contributed by atoms with Crippen LogP contribution in [0.2, 0.25) is 0 Å². The number of hydrazine groups is 1. The maximum absolute atomic E-state index is 12.9. The number of benzene rings is 2. The second-order valence-corrected chi connectivity index (χ2v) is 10.2. The van der Waals surface area contributed by atoms with E-state index in [-0.39, 0.29) is 24.0 Å². The maximum Gasteiger partial charge on any atom is 0.318 e. The summed E-state index contributed by atoms with van der Waals surface area (Å²) in [6, 6.07) is 13.9. The van der Waals surface area contributed by atoms with Crippen molar-refractivity contribution < 1.29 is 14.4 Å². The van der Waals surface area contributed by atoms with E-state index in [0.717, 1.165) is 23.5 Å². The van der Waals surface area contributed by atoms with Gasteiger partial charge in [0.05, 0.1) is 11.2 Å². The lowest BCUT2D eigenvalue weighted by Gasteiger charge is -2.35. The Kier molecular flexibility index (Phi) is 8.22. The molecule has 11 heteroatoms. The molecule has 0 bridgehead atoms. The van der Waals surface area contributed by atoms with Crippen molar-refractivity contribution in [2.75, 3.05) is 49.7 Å². The monoisotopic (exact) mass is 532 g/mol. The molecule has 0 fully saturated rings. The van der Waals surface area contributed by atoms with Crippen LogP contribution in [-0.2, 0) is 4.79 Å². The molecule has 2 heterocycles. The minimum absolute atomic E-state index is 0.0994. The topological polar surface area (TPSA) is 130 Å². The highest BCUT2D eigenvalue weighted by molar-refractivity contribution is 6.05. The van der Waals surface area contributed by atoms with Gasteiger partial charge in [0.25, 0.3) is 5.91 Å². The van der Waals surface area contributed by atoms with Gasteiger partial charge in [0.15, 0.2) is 0 Å². The van der Waals surface area contributed by atoms with Crippen molar-refractivity contribution in [3.63, 3.8) is 0 Å². The first-order valence-electron chi connectivity index (χ1n) is 12.7. The Bertz CT molecular complexity index is 1290. The van der Waals surface area contributed by atoms with E-state index in [9.17, 15) is 14.4 Å². The molecule has 0 spiro atoms. The van der Waals surface area contributed by atoms with Gasteiger partial charge in [0, 0.05) is 47.8 Å². The van der Waals surface area contributed by atoms with Crippen LogP contribution in [0, 0.1) is 0 Å². The fourth-order valence-corrected chi connectivity index (χ4v) is 4.56. The normalized spacial score (nSPS) is 17.4. The van der Waals surface area contributed by atoms with E-state index in [2.05, 4.69) is 38.7 Å². The van der Waals surface area contributed by atoms with E-state index < -0.39 is 5.54 Å². The molecule has 0 saturated heterocycles. The van der Waals surface area contributed by atoms with Crippen LogP contribution in [0.15, 0.2) is 72.5 Å². The number of anilines is 3. The lowest BCUT2D eigenvalue weighted by molar-refractivity contribution is -0.111. The van der Waals surface area contributed by atoms with Gasteiger partial charge >= 0.3 is 6.03 Å². The molecule has 2 aliphatic heterocycles. The largest absolute Gasteiger partial charge is 0.365 e. The highest BCUT2D eigenvalue weighted by Gasteiger charge is 2.47. The van der Waals surface area contributed by atoms with E-state index in [4.69, 9.17) is 0 Å². The Morgan fingerprint density at radius 2 is 1.79 bits per heavy atom. The van der Waals surface area contributed by atoms with Gasteiger partial charge in [-0.2, -0.15) is 0 Å². The zero-order valence-corrected chi connectivity index (χ0v) is 22.7. The van der Waals surface area contributed by atoms with Gasteiger partial charge in [-0.15, -0.1) is 0 Å². The third kappa shape index (κ3) is 6.39. The minimum Gasteiger partial charge on any atom is -0.365 e. The van der Waals surface area contributed by atoms with Crippen LogP contribution in [0.1, 0.15) is 24.2 Å². The zero-order chi connectivity index (χ0) is 28.2. The molecule has 2 aromatic carbocycles. The number of nitrogens with one attached hydrogen (secondary N) is 6. The Morgan fingerprint density at radius 1 is 1.08 bits per heavy atom. The van der Waals surface area contributed by atoms with Crippen LogP contribution in [0.5, 0.6) is 0 Å². The summed E-state index contributed by atoms with van der Waals surface area (Å²) < 4.78 is 0. The molecule has 0 radical (unpaired) electrons. The third-order valence-corrected chi connectivity index (χ3v) is 6.74. The summed E-state index contributed by atoms with van der Waals surface area (Å²) in [5, 5.41) is 12.0. The summed E-state index contributed by atoms with van der Waals surface area (Å²) in [5.41, 5.74) is 10.5. The van der Waals surface area contributed by atoms with Gasteiger partial charge in [-0.25, -0.2) is 10.2 Å². The van der Waals surface area contributed by atoms with Crippen LogP contribution >= 0.6 is 0 Å². The summed E-state index contributed by atoms with van der Waals surface area (Å²) >= 11 is 0. The summed E-state index contributed by atoms with van der Waals surface area (Å²) in [6.45, 7) is 9.29. The average Bonchev–Trinajstić information content (AvgIpc) is 3.41. The lowest BCUT2D eigenvalue weighted by Crippen LogP contribution is -2.55. The molecule has 4 amide bonds. The Hall–Kier alpha value is -4.35. The number of hydrogen-bond donors (Lipinski definition) is 6. The molecule has 0 aliphatic carbocycles. The first-order chi connectivity index (χ1) is 18.6. The average molecular weight is 533 g/mol. The minimum atomic E-state index is -0.499.